The minimum atomic E-state index is -0.117. The maximum atomic E-state index is 12.2. The number of nitrogens with one attached hydrogen (secondary N) is 1. The Hall–Kier alpha value is -1.34. The summed E-state index contributed by atoms with van der Waals surface area (Å²) in [5.41, 5.74) is 0.743. The van der Waals surface area contributed by atoms with Gasteiger partial charge in [-0.15, -0.1) is 0 Å². The van der Waals surface area contributed by atoms with Crippen molar-refractivity contribution in [2.45, 2.75) is 37.4 Å². The summed E-state index contributed by atoms with van der Waals surface area (Å²) in [5.74, 6) is 0.868. The summed E-state index contributed by atoms with van der Waals surface area (Å²) in [5, 5.41) is 3.50. The first-order valence-electron chi connectivity index (χ1n) is 7.04. The Labute approximate surface area is 128 Å². The molecule has 1 aromatic rings. The Morgan fingerprint density at radius 2 is 2.38 bits per heavy atom. The summed E-state index contributed by atoms with van der Waals surface area (Å²) in [6.07, 6.45) is 0.298. The molecule has 1 atom stereocenters. The standard InChI is InChI=1S/C14H21N3O3S/c1-9(2)11-7-13(19)17-10(8-21-14(17)16-11)6-12(18)15-4-5-20-3/h7,9-10H,4-6,8H2,1-3H3,(H,15,18). The molecule has 0 aliphatic carbocycles. The van der Waals surface area contributed by atoms with Crippen LogP contribution in [0.4, 0.5) is 0 Å². The van der Waals surface area contributed by atoms with Gasteiger partial charge in [-0.2, -0.15) is 0 Å². The van der Waals surface area contributed by atoms with Crippen LogP contribution in [0.15, 0.2) is 16.0 Å². The Morgan fingerprint density at radius 3 is 3.05 bits per heavy atom. The molecule has 0 fully saturated rings. The van der Waals surface area contributed by atoms with Gasteiger partial charge in [-0.25, -0.2) is 4.98 Å². The highest BCUT2D eigenvalue weighted by molar-refractivity contribution is 7.99. The van der Waals surface area contributed by atoms with E-state index in [4.69, 9.17) is 4.74 Å². The topological polar surface area (TPSA) is 73.2 Å². The minimum Gasteiger partial charge on any atom is -0.383 e. The molecule has 0 saturated carbocycles. The molecule has 1 aromatic heterocycles. The first kappa shape index (κ1) is 16.0. The maximum Gasteiger partial charge on any atom is 0.254 e. The molecular formula is C14H21N3O3S. The van der Waals surface area contributed by atoms with Gasteiger partial charge >= 0.3 is 0 Å². The second-order valence-electron chi connectivity index (χ2n) is 5.34. The Morgan fingerprint density at radius 1 is 1.62 bits per heavy atom. The van der Waals surface area contributed by atoms with Crippen molar-refractivity contribution in [1.82, 2.24) is 14.9 Å². The number of carbonyl (C=O) groups is 1. The molecule has 0 aromatic carbocycles. The normalized spacial score (nSPS) is 17.0. The first-order valence-corrected chi connectivity index (χ1v) is 8.03. The quantitative estimate of drug-likeness (QED) is 0.630. The maximum absolute atomic E-state index is 12.2. The molecule has 6 nitrogen and oxygen atoms in total. The van der Waals surface area contributed by atoms with E-state index in [1.165, 1.54) is 11.8 Å². The van der Waals surface area contributed by atoms with Gasteiger partial charge in [-0.05, 0) is 5.92 Å². The average molecular weight is 311 g/mol. The number of aromatic nitrogens is 2. The molecule has 0 bridgehead atoms. The van der Waals surface area contributed by atoms with Gasteiger partial charge in [0.05, 0.1) is 18.3 Å². The van der Waals surface area contributed by atoms with Crippen LogP contribution in [-0.2, 0) is 9.53 Å². The van der Waals surface area contributed by atoms with Gasteiger partial charge < -0.3 is 10.1 Å². The molecule has 7 heteroatoms. The first-order chi connectivity index (χ1) is 10.0. The van der Waals surface area contributed by atoms with Crippen molar-refractivity contribution in [2.75, 3.05) is 26.0 Å². The minimum absolute atomic E-state index is 0.0645. The van der Waals surface area contributed by atoms with E-state index in [-0.39, 0.29) is 23.4 Å². The van der Waals surface area contributed by atoms with Crippen molar-refractivity contribution >= 4 is 17.7 Å². The monoisotopic (exact) mass is 311 g/mol. The van der Waals surface area contributed by atoms with E-state index in [0.29, 0.717) is 25.3 Å². The van der Waals surface area contributed by atoms with Crippen molar-refractivity contribution in [3.05, 3.63) is 22.1 Å². The summed E-state index contributed by atoms with van der Waals surface area (Å²) in [6, 6.07) is 1.46. The lowest BCUT2D eigenvalue weighted by Gasteiger charge is -2.14. The van der Waals surface area contributed by atoms with Gasteiger partial charge in [0.2, 0.25) is 5.91 Å². The smallest absolute Gasteiger partial charge is 0.254 e. The van der Waals surface area contributed by atoms with Crippen LogP contribution in [0, 0.1) is 0 Å². The molecule has 0 radical (unpaired) electrons. The van der Waals surface area contributed by atoms with E-state index in [1.807, 2.05) is 13.8 Å². The molecule has 116 valence electrons. The van der Waals surface area contributed by atoms with E-state index in [1.54, 1.807) is 17.7 Å². The van der Waals surface area contributed by atoms with E-state index in [9.17, 15) is 9.59 Å². The third kappa shape index (κ3) is 3.85. The number of amides is 1. The third-order valence-corrected chi connectivity index (χ3v) is 4.45. The molecule has 1 aliphatic rings. The summed E-state index contributed by atoms with van der Waals surface area (Å²) in [4.78, 5) is 28.6. The third-order valence-electron chi connectivity index (χ3n) is 3.35. The average Bonchev–Trinajstić information content (AvgIpc) is 2.82. The SMILES string of the molecule is COCCNC(=O)CC1CSc2nc(C(C)C)cc(=O)n21. The molecular weight excluding hydrogens is 290 g/mol. The highest BCUT2D eigenvalue weighted by atomic mass is 32.2. The lowest BCUT2D eigenvalue weighted by molar-refractivity contribution is -0.121. The number of thioether (sulfide) groups is 1. The molecule has 1 amide bonds. The van der Waals surface area contributed by atoms with Crippen LogP contribution in [0.1, 0.15) is 37.9 Å². The molecule has 1 aliphatic heterocycles. The fourth-order valence-electron chi connectivity index (χ4n) is 2.19. The number of ether oxygens (including phenoxy) is 1. The van der Waals surface area contributed by atoms with Crippen LogP contribution < -0.4 is 10.9 Å². The zero-order valence-electron chi connectivity index (χ0n) is 12.6. The second kappa shape index (κ2) is 7.09. The summed E-state index contributed by atoms with van der Waals surface area (Å²) >= 11 is 1.54. The van der Waals surface area contributed by atoms with Crippen molar-refractivity contribution in [2.24, 2.45) is 0 Å². The molecule has 0 saturated heterocycles. The fraction of sp³-hybridized carbons (Fsp3) is 0.643. The predicted octanol–water partition coefficient (Wildman–Crippen LogP) is 1.17. The van der Waals surface area contributed by atoms with E-state index in [2.05, 4.69) is 10.3 Å². The van der Waals surface area contributed by atoms with Gasteiger partial charge in [0.25, 0.3) is 5.56 Å². The number of rotatable bonds is 6. The number of hydrogen-bond acceptors (Lipinski definition) is 5. The van der Waals surface area contributed by atoms with E-state index >= 15 is 0 Å². The number of fused-ring (bicyclic) bond motifs is 1. The van der Waals surface area contributed by atoms with Crippen LogP contribution in [0.5, 0.6) is 0 Å². The Kier molecular flexibility index (Phi) is 5.41. The fourth-order valence-corrected chi connectivity index (χ4v) is 3.35. The summed E-state index contributed by atoms with van der Waals surface area (Å²) in [6.45, 7) is 5.00. The van der Waals surface area contributed by atoms with Crippen molar-refractivity contribution in [1.29, 1.82) is 0 Å². The number of nitrogens with zero attached hydrogens (tertiary/aromatic N) is 2. The lowest BCUT2D eigenvalue weighted by atomic mass is 10.1. The molecule has 1 N–H and O–H groups in total. The van der Waals surface area contributed by atoms with Crippen LogP contribution in [0.3, 0.4) is 0 Å². The molecule has 2 heterocycles. The number of hydrogen-bond donors (Lipinski definition) is 1. The van der Waals surface area contributed by atoms with Gasteiger partial charge in [0.1, 0.15) is 0 Å². The number of methoxy groups -OCH3 is 1. The van der Waals surface area contributed by atoms with Gasteiger partial charge in [-0.1, -0.05) is 25.6 Å². The van der Waals surface area contributed by atoms with E-state index < -0.39 is 0 Å². The van der Waals surface area contributed by atoms with Crippen LogP contribution in [0.25, 0.3) is 0 Å². The summed E-state index contributed by atoms with van der Waals surface area (Å²) in [7, 11) is 1.59. The predicted molar refractivity (Wildman–Crippen MR) is 81.8 cm³/mol. The largest absolute Gasteiger partial charge is 0.383 e. The molecule has 21 heavy (non-hydrogen) atoms. The zero-order valence-corrected chi connectivity index (χ0v) is 13.4. The molecule has 2 rings (SSSR count). The zero-order chi connectivity index (χ0) is 15.4. The van der Waals surface area contributed by atoms with Crippen molar-refractivity contribution < 1.29 is 9.53 Å². The van der Waals surface area contributed by atoms with Crippen LogP contribution >= 0.6 is 11.8 Å². The molecule has 0 spiro atoms. The second-order valence-corrected chi connectivity index (χ2v) is 6.33. The van der Waals surface area contributed by atoms with Crippen molar-refractivity contribution in [3.8, 4) is 0 Å². The number of carbonyl (C=O) groups excluding carboxylic acids is 1. The van der Waals surface area contributed by atoms with Gasteiger partial charge in [0.15, 0.2) is 5.16 Å². The highest BCUT2D eigenvalue weighted by Crippen LogP contribution is 2.32. The van der Waals surface area contributed by atoms with Crippen LogP contribution in [0.2, 0.25) is 0 Å². The lowest BCUT2D eigenvalue weighted by Crippen LogP contribution is -2.32. The molecule has 1 unspecified atom stereocenters. The van der Waals surface area contributed by atoms with Crippen LogP contribution in [-0.4, -0.2) is 41.5 Å². The van der Waals surface area contributed by atoms with E-state index in [0.717, 1.165) is 10.9 Å². The Balaban J connectivity index is 2.08. The van der Waals surface area contributed by atoms with Crippen molar-refractivity contribution in [3.63, 3.8) is 0 Å². The van der Waals surface area contributed by atoms with Gasteiger partial charge in [-0.3, -0.25) is 14.2 Å². The Bertz CT molecular complexity index is 571. The summed E-state index contributed by atoms with van der Waals surface area (Å²) < 4.78 is 6.53. The highest BCUT2D eigenvalue weighted by Gasteiger charge is 2.27. The van der Waals surface area contributed by atoms with Gasteiger partial charge in [0, 0.05) is 31.9 Å².